The van der Waals surface area contributed by atoms with Crippen molar-refractivity contribution in [3.8, 4) is 6.07 Å². The Kier molecular flexibility index (Phi) is 7.51. The average molecular weight is 522 g/mol. The van der Waals surface area contributed by atoms with Crippen LogP contribution in [0.5, 0.6) is 0 Å². The summed E-state index contributed by atoms with van der Waals surface area (Å²) in [6.45, 7) is 3.74. The molecule has 1 N–H and O–H groups in total. The molecule has 1 aliphatic rings. The molecule has 4 rings (SSSR count). The molecule has 0 unspecified atom stereocenters. The van der Waals surface area contributed by atoms with Gasteiger partial charge < -0.3 is 5.32 Å². The molecule has 0 spiro atoms. The zero-order chi connectivity index (χ0) is 25.1. The van der Waals surface area contributed by atoms with E-state index in [1.165, 1.54) is 16.7 Å². The number of nitrogens with one attached hydrogen (secondary N) is 1. The molecule has 0 aromatic heterocycles. The first-order chi connectivity index (χ1) is 16.8. The van der Waals surface area contributed by atoms with Crippen molar-refractivity contribution >= 4 is 58.2 Å². The quantitative estimate of drug-likeness (QED) is 0.300. The number of benzene rings is 3. The number of halogens is 2. The van der Waals surface area contributed by atoms with Crippen LogP contribution in [-0.4, -0.2) is 17.1 Å². The third-order valence-electron chi connectivity index (χ3n) is 5.71. The Morgan fingerprint density at radius 1 is 1.00 bits per heavy atom. The summed E-state index contributed by atoms with van der Waals surface area (Å²) in [7, 11) is 0. The van der Waals surface area contributed by atoms with Gasteiger partial charge in [-0.05, 0) is 61.2 Å². The van der Waals surface area contributed by atoms with Gasteiger partial charge in [0.25, 0.3) is 5.91 Å². The fraction of sp³-hybridized carbons (Fsp3) is 0.148. The Morgan fingerprint density at radius 3 is 2.26 bits per heavy atom. The molecule has 8 heteroatoms. The van der Waals surface area contributed by atoms with Crippen LogP contribution < -0.4 is 10.2 Å². The van der Waals surface area contributed by atoms with E-state index in [9.17, 15) is 14.9 Å². The number of rotatable bonds is 5. The molecule has 1 saturated heterocycles. The van der Waals surface area contributed by atoms with Crippen LogP contribution in [0.25, 0.3) is 0 Å². The number of nitriles is 1. The lowest BCUT2D eigenvalue weighted by Crippen LogP contribution is -2.31. The van der Waals surface area contributed by atoms with Crippen molar-refractivity contribution in [2.45, 2.75) is 25.5 Å². The number of anilines is 2. The predicted octanol–water partition coefficient (Wildman–Crippen LogP) is 6.68. The highest BCUT2D eigenvalue weighted by molar-refractivity contribution is 8.05. The van der Waals surface area contributed by atoms with Crippen molar-refractivity contribution in [2.24, 2.45) is 0 Å². The van der Waals surface area contributed by atoms with E-state index in [0.717, 1.165) is 11.1 Å². The van der Waals surface area contributed by atoms with Gasteiger partial charge in [0.05, 0.1) is 10.9 Å². The van der Waals surface area contributed by atoms with E-state index < -0.39 is 11.2 Å². The average Bonchev–Trinajstić information content (AvgIpc) is 3.14. The Balaban J connectivity index is 1.78. The maximum Gasteiger partial charge on any atom is 0.269 e. The number of aryl methyl sites for hydroxylation is 2. The van der Waals surface area contributed by atoms with Crippen LogP contribution in [0.4, 0.5) is 11.4 Å². The number of nitrogens with zero attached hydrogens (tertiary/aromatic N) is 2. The summed E-state index contributed by atoms with van der Waals surface area (Å²) in [4.78, 5) is 28.4. The van der Waals surface area contributed by atoms with E-state index in [-0.39, 0.29) is 22.9 Å². The Labute approximate surface area is 218 Å². The summed E-state index contributed by atoms with van der Waals surface area (Å²) < 4.78 is 0. The first-order valence-corrected chi connectivity index (χ1v) is 12.5. The molecule has 3 aromatic carbocycles. The second kappa shape index (κ2) is 10.6. The Morgan fingerprint density at radius 2 is 1.63 bits per heavy atom. The minimum Gasteiger partial charge on any atom is -0.321 e. The van der Waals surface area contributed by atoms with Crippen LogP contribution in [0.1, 0.15) is 16.7 Å². The zero-order valence-electron chi connectivity index (χ0n) is 19.0. The van der Waals surface area contributed by atoms with Gasteiger partial charge in [-0.2, -0.15) is 5.26 Å². The monoisotopic (exact) mass is 521 g/mol. The van der Waals surface area contributed by atoms with E-state index in [1.54, 1.807) is 36.4 Å². The summed E-state index contributed by atoms with van der Waals surface area (Å²) >= 11 is 13.9. The van der Waals surface area contributed by atoms with Gasteiger partial charge in [0.1, 0.15) is 16.7 Å². The number of amides is 2. The number of para-hydroxylation sites is 2. The maximum atomic E-state index is 13.7. The SMILES string of the molecule is Cc1ccccc1NC(=O)/C(C#N)=C1\S[C@H](Cc2c(Cl)cccc2Cl)C(=O)N1c1ccccc1C. The van der Waals surface area contributed by atoms with E-state index in [0.29, 0.717) is 27.0 Å². The molecule has 35 heavy (non-hydrogen) atoms. The predicted molar refractivity (Wildman–Crippen MR) is 143 cm³/mol. The molecule has 0 radical (unpaired) electrons. The second-order valence-electron chi connectivity index (χ2n) is 8.03. The van der Waals surface area contributed by atoms with E-state index in [4.69, 9.17) is 23.2 Å². The highest BCUT2D eigenvalue weighted by Gasteiger charge is 2.41. The number of thioether (sulfide) groups is 1. The van der Waals surface area contributed by atoms with Gasteiger partial charge >= 0.3 is 0 Å². The molecule has 5 nitrogen and oxygen atoms in total. The van der Waals surface area contributed by atoms with E-state index >= 15 is 0 Å². The van der Waals surface area contributed by atoms with Crippen molar-refractivity contribution < 1.29 is 9.59 Å². The smallest absolute Gasteiger partial charge is 0.269 e. The molecule has 2 amide bonds. The van der Waals surface area contributed by atoms with Crippen molar-refractivity contribution in [3.63, 3.8) is 0 Å². The van der Waals surface area contributed by atoms with Gasteiger partial charge in [0, 0.05) is 15.7 Å². The lowest BCUT2D eigenvalue weighted by atomic mass is 10.1. The molecule has 1 atom stereocenters. The molecule has 1 fully saturated rings. The molecule has 0 saturated carbocycles. The summed E-state index contributed by atoms with van der Waals surface area (Å²) in [5, 5.41) is 13.4. The second-order valence-corrected chi connectivity index (χ2v) is 10.0. The summed E-state index contributed by atoms with van der Waals surface area (Å²) in [5.74, 6) is -0.821. The molecule has 1 heterocycles. The summed E-state index contributed by atoms with van der Waals surface area (Å²) in [6, 6.07) is 21.9. The van der Waals surface area contributed by atoms with Crippen molar-refractivity contribution in [2.75, 3.05) is 10.2 Å². The molecule has 1 aliphatic heterocycles. The van der Waals surface area contributed by atoms with Gasteiger partial charge in [-0.15, -0.1) is 0 Å². The highest BCUT2D eigenvalue weighted by atomic mass is 35.5. The van der Waals surface area contributed by atoms with Crippen LogP contribution in [0.15, 0.2) is 77.3 Å². The molecular weight excluding hydrogens is 501 g/mol. The van der Waals surface area contributed by atoms with Crippen molar-refractivity contribution in [1.29, 1.82) is 5.26 Å². The fourth-order valence-corrected chi connectivity index (χ4v) is 5.66. The normalized spacial score (nSPS) is 16.7. The minimum atomic E-state index is -0.614. The first kappa shape index (κ1) is 24.9. The van der Waals surface area contributed by atoms with Crippen LogP contribution in [-0.2, 0) is 16.0 Å². The Hall–Kier alpha value is -3.24. The van der Waals surface area contributed by atoms with Crippen molar-refractivity contribution in [1.82, 2.24) is 0 Å². The third-order valence-corrected chi connectivity index (χ3v) is 7.68. The standard InChI is InChI=1S/C27H21Cl2N3O2S/c1-16-8-3-5-12-22(16)31-25(33)19(15-30)27-32(23-13-6-4-9-17(23)2)26(34)24(35-27)14-18-20(28)10-7-11-21(18)29/h3-13,24H,14H2,1-2H3,(H,31,33)/b27-19-/t24-/m1/s1. The Bertz CT molecular complexity index is 1380. The largest absolute Gasteiger partial charge is 0.321 e. The first-order valence-electron chi connectivity index (χ1n) is 10.8. The van der Waals surface area contributed by atoms with Gasteiger partial charge in [0.15, 0.2) is 0 Å². The number of carbonyl (C=O) groups excluding carboxylic acids is 2. The highest BCUT2D eigenvalue weighted by Crippen LogP contribution is 2.44. The van der Waals surface area contributed by atoms with Crippen LogP contribution in [0, 0.1) is 25.2 Å². The molecule has 176 valence electrons. The summed E-state index contributed by atoms with van der Waals surface area (Å²) in [5.41, 5.74) is 3.43. The number of hydrogen-bond acceptors (Lipinski definition) is 4. The van der Waals surface area contributed by atoms with Gasteiger partial charge in [-0.25, -0.2) is 0 Å². The van der Waals surface area contributed by atoms with E-state index in [2.05, 4.69) is 5.32 Å². The molecule has 0 aliphatic carbocycles. The number of hydrogen-bond donors (Lipinski definition) is 1. The van der Waals surface area contributed by atoms with Gasteiger partial charge in [-0.1, -0.05) is 77.4 Å². The van der Waals surface area contributed by atoms with Gasteiger partial charge in [0.2, 0.25) is 5.91 Å². The lowest BCUT2D eigenvalue weighted by Gasteiger charge is -2.21. The van der Waals surface area contributed by atoms with Gasteiger partial charge in [-0.3, -0.25) is 14.5 Å². The van der Waals surface area contributed by atoms with Crippen LogP contribution >= 0.6 is 35.0 Å². The lowest BCUT2D eigenvalue weighted by molar-refractivity contribution is -0.117. The maximum absolute atomic E-state index is 13.7. The molecular formula is C27H21Cl2N3O2S. The van der Waals surface area contributed by atoms with Crippen molar-refractivity contribution in [3.05, 3.63) is 104 Å². The molecule has 0 bridgehead atoms. The topological polar surface area (TPSA) is 73.2 Å². The molecule has 3 aromatic rings. The summed E-state index contributed by atoms with van der Waals surface area (Å²) in [6.07, 6.45) is 0.256. The minimum absolute atomic E-state index is 0.136. The zero-order valence-corrected chi connectivity index (χ0v) is 21.3. The van der Waals surface area contributed by atoms with E-state index in [1.807, 2.05) is 50.2 Å². The fourth-order valence-electron chi connectivity index (χ4n) is 3.83. The number of carbonyl (C=O) groups is 2. The van der Waals surface area contributed by atoms with Crippen LogP contribution in [0.3, 0.4) is 0 Å². The van der Waals surface area contributed by atoms with Crippen LogP contribution in [0.2, 0.25) is 10.0 Å². The third kappa shape index (κ3) is 5.08.